The Morgan fingerprint density at radius 2 is 1.90 bits per heavy atom. The number of rotatable bonds is 2. The van der Waals surface area contributed by atoms with Gasteiger partial charge in [0.1, 0.15) is 0 Å². The highest BCUT2D eigenvalue weighted by atomic mass is 16.5. The van der Waals surface area contributed by atoms with Gasteiger partial charge in [0, 0.05) is 24.3 Å². The Labute approximate surface area is 125 Å². The average Bonchev–Trinajstić information content (AvgIpc) is 2.83. The molecule has 1 aromatic rings. The van der Waals surface area contributed by atoms with Gasteiger partial charge in [-0.25, -0.2) is 0 Å². The standard InChI is InChI=1S/C16H22N2O3/c1-9-5-10(2)14(17)6-12(9)15(19)18-7-11(3)13(8-18)16(20)21-4/h5-6,11,13H,7-8,17H2,1-4H3. The van der Waals surface area contributed by atoms with Gasteiger partial charge >= 0.3 is 5.97 Å². The minimum Gasteiger partial charge on any atom is -0.469 e. The van der Waals surface area contributed by atoms with Crippen LogP contribution < -0.4 is 5.73 Å². The van der Waals surface area contributed by atoms with Gasteiger partial charge in [-0.05, 0) is 37.0 Å². The molecule has 0 bridgehead atoms. The maximum absolute atomic E-state index is 12.7. The first-order chi connectivity index (χ1) is 9.85. The fourth-order valence-electron chi connectivity index (χ4n) is 2.86. The maximum Gasteiger partial charge on any atom is 0.310 e. The third kappa shape index (κ3) is 2.86. The molecule has 2 N–H and O–H groups in total. The number of anilines is 1. The van der Waals surface area contributed by atoms with Gasteiger partial charge in [0.15, 0.2) is 0 Å². The topological polar surface area (TPSA) is 72.6 Å². The molecule has 0 radical (unpaired) electrons. The number of nitrogens with two attached hydrogens (primary N) is 1. The number of carbonyl (C=O) groups excluding carboxylic acids is 2. The Balaban J connectivity index is 2.22. The van der Waals surface area contributed by atoms with Crippen LogP contribution in [0.3, 0.4) is 0 Å². The molecule has 2 atom stereocenters. The van der Waals surface area contributed by atoms with Crippen molar-refractivity contribution in [3.8, 4) is 0 Å². The summed E-state index contributed by atoms with van der Waals surface area (Å²) in [6.07, 6.45) is 0. The first-order valence-electron chi connectivity index (χ1n) is 7.09. The summed E-state index contributed by atoms with van der Waals surface area (Å²) in [6.45, 7) is 6.75. The number of hydrogen-bond acceptors (Lipinski definition) is 4. The predicted molar refractivity (Wildman–Crippen MR) is 80.9 cm³/mol. The van der Waals surface area contributed by atoms with E-state index in [9.17, 15) is 9.59 Å². The second-order valence-electron chi connectivity index (χ2n) is 5.84. The average molecular weight is 290 g/mol. The third-order valence-corrected chi connectivity index (χ3v) is 4.25. The van der Waals surface area contributed by atoms with E-state index < -0.39 is 0 Å². The summed E-state index contributed by atoms with van der Waals surface area (Å²) < 4.78 is 4.80. The van der Waals surface area contributed by atoms with Gasteiger partial charge in [-0.15, -0.1) is 0 Å². The highest BCUT2D eigenvalue weighted by Crippen LogP contribution is 2.27. The molecular weight excluding hydrogens is 268 g/mol. The number of aryl methyl sites for hydroxylation is 2. The van der Waals surface area contributed by atoms with Gasteiger partial charge in [-0.2, -0.15) is 0 Å². The van der Waals surface area contributed by atoms with Crippen LogP contribution in [0.4, 0.5) is 5.69 Å². The van der Waals surface area contributed by atoms with E-state index in [0.717, 1.165) is 11.1 Å². The zero-order valence-electron chi connectivity index (χ0n) is 13.0. The molecule has 1 heterocycles. The summed E-state index contributed by atoms with van der Waals surface area (Å²) in [4.78, 5) is 26.1. The second kappa shape index (κ2) is 5.76. The molecule has 0 aliphatic carbocycles. The maximum atomic E-state index is 12.7. The van der Waals surface area contributed by atoms with Gasteiger partial charge in [-0.1, -0.05) is 13.0 Å². The van der Waals surface area contributed by atoms with Crippen LogP contribution in [-0.2, 0) is 9.53 Å². The van der Waals surface area contributed by atoms with Crippen LogP contribution in [0.2, 0.25) is 0 Å². The van der Waals surface area contributed by atoms with Crippen LogP contribution in [0.1, 0.15) is 28.4 Å². The monoisotopic (exact) mass is 290 g/mol. The van der Waals surface area contributed by atoms with Gasteiger partial charge < -0.3 is 15.4 Å². The van der Waals surface area contributed by atoms with Crippen LogP contribution in [0.25, 0.3) is 0 Å². The van der Waals surface area contributed by atoms with E-state index in [2.05, 4.69) is 0 Å². The van der Waals surface area contributed by atoms with E-state index in [1.54, 1.807) is 11.0 Å². The summed E-state index contributed by atoms with van der Waals surface area (Å²) in [7, 11) is 1.38. The zero-order chi connectivity index (χ0) is 15.7. The van der Waals surface area contributed by atoms with Crippen molar-refractivity contribution in [3.05, 3.63) is 28.8 Å². The first kappa shape index (κ1) is 15.4. The molecule has 2 rings (SSSR count). The van der Waals surface area contributed by atoms with Crippen LogP contribution in [0.5, 0.6) is 0 Å². The largest absolute Gasteiger partial charge is 0.469 e. The molecular formula is C16H22N2O3. The molecule has 21 heavy (non-hydrogen) atoms. The Kier molecular flexibility index (Phi) is 4.21. The molecule has 5 heteroatoms. The van der Waals surface area contributed by atoms with E-state index in [4.69, 9.17) is 10.5 Å². The Hall–Kier alpha value is -2.04. The lowest BCUT2D eigenvalue weighted by Gasteiger charge is -2.18. The zero-order valence-corrected chi connectivity index (χ0v) is 13.0. The Bertz CT molecular complexity index is 583. The molecule has 1 amide bonds. The summed E-state index contributed by atoms with van der Waals surface area (Å²) in [6, 6.07) is 3.64. The summed E-state index contributed by atoms with van der Waals surface area (Å²) in [5, 5.41) is 0. The summed E-state index contributed by atoms with van der Waals surface area (Å²) in [5.74, 6) is -0.470. The van der Waals surface area contributed by atoms with E-state index in [1.807, 2.05) is 26.8 Å². The molecule has 0 aromatic heterocycles. The quantitative estimate of drug-likeness (QED) is 0.665. The summed E-state index contributed by atoms with van der Waals surface area (Å²) >= 11 is 0. The first-order valence-corrected chi connectivity index (χ1v) is 7.09. The molecule has 1 aliphatic heterocycles. The van der Waals surface area contributed by atoms with Crippen molar-refractivity contribution in [2.45, 2.75) is 20.8 Å². The number of carbonyl (C=O) groups is 2. The molecule has 5 nitrogen and oxygen atoms in total. The Morgan fingerprint density at radius 1 is 1.24 bits per heavy atom. The number of nitrogens with zero attached hydrogens (tertiary/aromatic N) is 1. The lowest BCUT2D eigenvalue weighted by Crippen LogP contribution is -2.30. The lowest BCUT2D eigenvalue weighted by molar-refractivity contribution is -0.146. The van der Waals surface area contributed by atoms with Crippen molar-refractivity contribution in [3.63, 3.8) is 0 Å². The SMILES string of the molecule is COC(=O)C1CN(C(=O)c2cc(N)c(C)cc2C)CC1C. The van der Waals surface area contributed by atoms with E-state index in [1.165, 1.54) is 7.11 Å². The molecule has 1 aromatic carbocycles. The number of nitrogen functional groups attached to an aromatic ring is 1. The van der Waals surface area contributed by atoms with E-state index in [0.29, 0.717) is 24.3 Å². The minimum absolute atomic E-state index is 0.0718. The number of ether oxygens (including phenoxy) is 1. The number of amides is 1. The van der Waals surface area contributed by atoms with Gasteiger partial charge in [-0.3, -0.25) is 9.59 Å². The number of esters is 1. The van der Waals surface area contributed by atoms with Crippen molar-refractivity contribution in [2.24, 2.45) is 11.8 Å². The predicted octanol–water partition coefficient (Wildman–Crippen LogP) is 1.77. The van der Waals surface area contributed by atoms with Gasteiger partial charge in [0.05, 0.1) is 13.0 Å². The number of likely N-dealkylation sites (tertiary alicyclic amines) is 1. The number of benzene rings is 1. The third-order valence-electron chi connectivity index (χ3n) is 4.25. The van der Waals surface area contributed by atoms with Crippen molar-refractivity contribution in [1.82, 2.24) is 4.90 Å². The molecule has 1 aliphatic rings. The van der Waals surface area contributed by atoms with Gasteiger partial charge in [0.25, 0.3) is 5.91 Å². The molecule has 0 spiro atoms. The van der Waals surface area contributed by atoms with E-state index >= 15 is 0 Å². The Morgan fingerprint density at radius 3 is 2.52 bits per heavy atom. The van der Waals surface area contributed by atoms with Crippen LogP contribution >= 0.6 is 0 Å². The van der Waals surface area contributed by atoms with Crippen molar-refractivity contribution in [1.29, 1.82) is 0 Å². The molecule has 1 fully saturated rings. The lowest BCUT2D eigenvalue weighted by atomic mass is 9.99. The van der Waals surface area contributed by atoms with Crippen LogP contribution in [0.15, 0.2) is 12.1 Å². The van der Waals surface area contributed by atoms with Crippen LogP contribution in [-0.4, -0.2) is 37.0 Å². The summed E-state index contributed by atoms with van der Waals surface area (Å²) in [5.41, 5.74) is 8.99. The highest BCUT2D eigenvalue weighted by Gasteiger charge is 2.38. The van der Waals surface area contributed by atoms with Crippen molar-refractivity contribution >= 4 is 17.6 Å². The fraction of sp³-hybridized carbons (Fsp3) is 0.500. The number of methoxy groups -OCH3 is 1. The normalized spacial score (nSPS) is 21.4. The molecule has 2 unspecified atom stereocenters. The molecule has 0 saturated carbocycles. The van der Waals surface area contributed by atoms with Crippen molar-refractivity contribution < 1.29 is 14.3 Å². The van der Waals surface area contributed by atoms with E-state index in [-0.39, 0.29) is 23.7 Å². The molecule has 114 valence electrons. The van der Waals surface area contributed by atoms with Crippen LogP contribution in [0, 0.1) is 25.7 Å². The second-order valence-corrected chi connectivity index (χ2v) is 5.84. The molecule has 1 saturated heterocycles. The van der Waals surface area contributed by atoms with Crippen molar-refractivity contribution in [2.75, 3.05) is 25.9 Å². The highest BCUT2D eigenvalue weighted by molar-refractivity contribution is 5.97. The smallest absolute Gasteiger partial charge is 0.310 e. The van der Waals surface area contributed by atoms with Gasteiger partial charge in [0.2, 0.25) is 0 Å². The fourth-order valence-corrected chi connectivity index (χ4v) is 2.86. The number of hydrogen-bond donors (Lipinski definition) is 1. The minimum atomic E-state index is -0.252.